The molecule has 0 unspecified atom stereocenters. The Hall–Kier alpha value is -2.11. The van der Waals surface area contributed by atoms with E-state index in [2.05, 4.69) is 14.7 Å². The first kappa shape index (κ1) is 13.9. The van der Waals surface area contributed by atoms with E-state index in [1.165, 1.54) is 0 Å². The van der Waals surface area contributed by atoms with Gasteiger partial charge in [-0.3, -0.25) is 4.79 Å². The van der Waals surface area contributed by atoms with E-state index in [0.29, 0.717) is 18.8 Å². The van der Waals surface area contributed by atoms with Gasteiger partial charge in [0.05, 0.1) is 12.0 Å². The Kier molecular flexibility index (Phi) is 3.77. The molecule has 3 heterocycles. The Morgan fingerprint density at radius 2 is 2.24 bits per heavy atom. The van der Waals surface area contributed by atoms with Gasteiger partial charge in [-0.25, -0.2) is 4.98 Å². The minimum absolute atomic E-state index is 0.219. The lowest BCUT2D eigenvalue weighted by atomic mass is 9.98. The Balaban J connectivity index is 1.43. The van der Waals surface area contributed by atoms with Crippen molar-refractivity contribution in [1.29, 1.82) is 0 Å². The van der Waals surface area contributed by atoms with Crippen LogP contribution in [-0.2, 0) is 17.8 Å². The van der Waals surface area contributed by atoms with Gasteiger partial charge >= 0.3 is 0 Å². The average molecular weight is 288 g/mol. The second-order valence-corrected chi connectivity index (χ2v) is 5.73. The van der Waals surface area contributed by atoms with Crippen molar-refractivity contribution in [3.8, 4) is 0 Å². The zero-order chi connectivity index (χ0) is 14.8. The number of hydrogen-bond donors (Lipinski definition) is 0. The van der Waals surface area contributed by atoms with Crippen LogP contribution in [0.3, 0.4) is 0 Å². The van der Waals surface area contributed by atoms with Gasteiger partial charge in [-0.15, -0.1) is 0 Å². The minimum atomic E-state index is 0.219. The summed E-state index contributed by atoms with van der Waals surface area (Å²) in [5.74, 6) is 1.58. The maximum atomic E-state index is 12.1. The Labute approximate surface area is 123 Å². The molecule has 0 saturated carbocycles. The molecule has 1 aliphatic rings. The number of nitrogens with zero attached hydrogens (tertiary/aromatic N) is 4. The predicted molar refractivity (Wildman–Crippen MR) is 76.6 cm³/mol. The number of carbonyl (C=O) groups excluding carboxylic acids is 1. The van der Waals surface area contributed by atoms with Crippen molar-refractivity contribution >= 4 is 5.91 Å². The summed E-state index contributed by atoms with van der Waals surface area (Å²) in [4.78, 5) is 18.1. The van der Waals surface area contributed by atoms with Crippen molar-refractivity contribution in [3.63, 3.8) is 0 Å². The third-order valence-corrected chi connectivity index (χ3v) is 4.11. The first-order chi connectivity index (χ1) is 10.1. The summed E-state index contributed by atoms with van der Waals surface area (Å²) in [7, 11) is 0. The molecule has 0 atom stereocenters. The lowest BCUT2D eigenvalue weighted by Crippen LogP contribution is -2.51. The first-order valence-electron chi connectivity index (χ1n) is 7.28. The van der Waals surface area contributed by atoms with Crippen LogP contribution in [-0.4, -0.2) is 38.6 Å². The number of aryl methyl sites for hydroxylation is 2. The van der Waals surface area contributed by atoms with Gasteiger partial charge in [-0.1, -0.05) is 5.16 Å². The largest absolute Gasteiger partial charge is 0.361 e. The van der Waals surface area contributed by atoms with E-state index in [9.17, 15) is 4.79 Å². The summed E-state index contributed by atoms with van der Waals surface area (Å²) >= 11 is 0. The topological polar surface area (TPSA) is 64.2 Å². The number of amides is 1. The lowest BCUT2D eigenvalue weighted by molar-refractivity contribution is -0.137. The smallest absolute Gasteiger partial charge is 0.222 e. The van der Waals surface area contributed by atoms with Crippen molar-refractivity contribution in [3.05, 3.63) is 35.7 Å². The highest BCUT2D eigenvalue weighted by molar-refractivity contribution is 5.77. The normalized spacial score (nSPS) is 15.2. The van der Waals surface area contributed by atoms with E-state index >= 15 is 0 Å². The van der Waals surface area contributed by atoms with E-state index < -0.39 is 0 Å². The summed E-state index contributed by atoms with van der Waals surface area (Å²) in [6, 6.07) is 0. The molecule has 0 N–H and O–H groups in total. The van der Waals surface area contributed by atoms with Crippen LogP contribution in [0.5, 0.6) is 0 Å². The van der Waals surface area contributed by atoms with Crippen LogP contribution in [0.2, 0.25) is 0 Å². The third kappa shape index (κ3) is 2.99. The molecular weight excluding hydrogens is 268 g/mol. The highest BCUT2D eigenvalue weighted by atomic mass is 16.5. The molecule has 2 aromatic rings. The molecule has 3 rings (SSSR count). The van der Waals surface area contributed by atoms with Gasteiger partial charge in [0.25, 0.3) is 0 Å². The van der Waals surface area contributed by atoms with Gasteiger partial charge in [0, 0.05) is 49.9 Å². The minimum Gasteiger partial charge on any atom is -0.361 e. The summed E-state index contributed by atoms with van der Waals surface area (Å²) < 4.78 is 7.19. The zero-order valence-electron chi connectivity index (χ0n) is 12.5. The quantitative estimate of drug-likeness (QED) is 0.838. The van der Waals surface area contributed by atoms with Crippen LogP contribution in [0.15, 0.2) is 23.2 Å². The van der Waals surface area contributed by atoms with Gasteiger partial charge in [-0.2, -0.15) is 0 Å². The number of rotatable bonds is 5. The van der Waals surface area contributed by atoms with Gasteiger partial charge in [0.15, 0.2) is 0 Å². The van der Waals surface area contributed by atoms with Crippen LogP contribution in [0.1, 0.15) is 23.4 Å². The van der Waals surface area contributed by atoms with E-state index in [1.807, 2.05) is 31.3 Å². The van der Waals surface area contributed by atoms with E-state index in [1.54, 1.807) is 6.20 Å². The van der Waals surface area contributed by atoms with Crippen molar-refractivity contribution in [2.24, 2.45) is 5.92 Å². The fraction of sp³-hybridized carbons (Fsp3) is 0.533. The first-order valence-corrected chi connectivity index (χ1v) is 7.28. The Morgan fingerprint density at radius 3 is 2.86 bits per heavy atom. The van der Waals surface area contributed by atoms with Gasteiger partial charge in [0.2, 0.25) is 5.91 Å². The van der Waals surface area contributed by atoms with Crippen molar-refractivity contribution in [2.75, 3.05) is 13.1 Å². The number of aromatic nitrogens is 3. The predicted octanol–water partition coefficient (Wildman–Crippen LogP) is 1.58. The molecule has 0 aromatic carbocycles. The van der Waals surface area contributed by atoms with Crippen molar-refractivity contribution in [1.82, 2.24) is 19.6 Å². The van der Waals surface area contributed by atoms with Gasteiger partial charge in [-0.05, 0) is 20.3 Å². The number of hydrogen-bond acceptors (Lipinski definition) is 4. The molecule has 0 spiro atoms. The summed E-state index contributed by atoms with van der Waals surface area (Å²) in [6.45, 7) is 6.44. The van der Waals surface area contributed by atoms with Crippen LogP contribution in [0.4, 0.5) is 0 Å². The maximum Gasteiger partial charge on any atom is 0.222 e. The molecule has 1 fully saturated rings. The molecule has 1 amide bonds. The second kappa shape index (κ2) is 5.71. The second-order valence-electron chi connectivity index (χ2n) is 5.73. The number of carbonyl (C=O) groups is 1. The molecule has 0 bridgehead atoms. The monoisotopic (exact) mass is 288 g/mol. The number of imidazole rings is 1. The zero-order valence-corrected chi connectivity index (χ0v) is 12.5. The molecule has 6 heteroatoms. The van der Waals surface area contributed by atoms with Gasteiger partial charge < -0.3 is 14.0 Å². The molecule has 6 nitrogen and oxygen atoms in total. The highest BCUT2D eigenvalue weighted by Crippen LogP contribution is 2.20. The third-order valence-electron chi connectivity index (χ3n) is 4.11. The average Bonchev–Trinajstić information content (AvgIpc) is 3.02. The SMILES string of the molecule is Cc1noc(C)c1CCC(=O)N1CC(Cn2ccnc2)C1. The molecule has 0 radical (unpaired) electrons. The van der Waals surface area contributed by atoms with E-state index in [-0.39, 0.29) is 5.91 Å². The van der Waals surface area contributed by atoms with Crippen molar-refractivity contribution < 1.29 is 9.32 Å². The lowest BCUT2D eigenvalue weighted by Gasteiger charge is -2.39. The molecule has 112 valence electrons. The summed E-state index contributed by atoms with van der Waals surface area (Å²) in [5.41, 5.74) is 1.96. The van der Waals surface area contributed by atoms with Gasteiger partial charge in [0.1, 0.15) is 5.76 Å². The fourth-order valence-electron chi connectivity index (χ4n) is 2.83. The molecular formula is C15H20N4O2. The number of likely N-dealkylation sites (tertiary alicyclic amines) is 1. The fourth-order valence-corrected chi connectivity index (χ4v) is 2.83. The summed E-state index contributed by atoms with van der Waals surface area (Å²) in [5, 5.41) is 3.92. The molecule has 2 aromatic heterocycles. The van der Waals surface area contributed by atoms with Crippen LogP contribution in [0.25, 0.3) is 0 Å². The Bertz CT molecular complexity index is 592. The maximum absolute atomic E-state index is 12.1. The van der Waals surface area contributed by atoms with Crippen LogP contribution < -0.4 is 0 Å². The highest BCUT2D eigenvalue weighted by Gasteiger charge is 2.30. The van der Waals surface area contributed by atoms with E-state index in [0.717, 1.165) is 36.7 Å². The molecule has 1 aliphatic heterocycles. The van der Waals surface area contributed by atoms with Crippen LogP contribution in [0, 0.1) is 19.8 Å². The molecule has 21 heavy (non-hydrogen) atoms. The summed E-state index contributed by atoms with van der Waals surface area (Å²) in [6.07, 6.45) is 6.80. The molecule has 0 aliphatic carbocycles. The van der Waals surface area contributed by atoms with Crippen LogP contribution >= 0.6 is 0 Å². The van der Waals surface area contributed by atoms with Crippen molar-refractivity contribution in [2.45, 2.75) is 33.2 Å². The molecule has 1 saturated heterocycles. The van der Waals surface area contributed by atoms with E-state index in [4.69, 9.17) is 4.52 Å². The Morgan fingerprint density at radius 1 is 1.43 bits per heavy atom. The standard InChI is InChI=1S/C15H20N4O2/c1-11-14(12(2)21-17-11)3-4-15(20)19-8-13(9-19)7-18-6-5-16-10-18/h5-6,10,13H,3-4,7-9H2,1-2H3.